The van der Waals surface area contributed by atoms with E-state index in [1.165, 1.54) is 6.92 Å². The molecule has 1 aliphatic heterocycles. The molecule has 0 aliphatic carbocycles. The average molecular weight is 469 g/mol. The first-order valence-corrected chi connectivity index (χ1v) is 11.4. The van der Waals surface area contributed by atoms with Gasteiger partial charge in [0.2, 0.25) is 0 Å². The molecule has 184 valence electrons. The Bertz CT molecular complexity index is 911. The number of β-amino-alcohol motifs (C(OH)–C–C–N with tert-alkyl or cyclic N) is 1. The predicted octanol–water partition coefficient (Wildman–Crippen LogP) is 2.45. The van der Waals surface area contributed by atoms with Gasteiger partial charge in [-0.2, -0.15) is 0 Å². The van der Waals surface area contributed by atoms with E-state index in [1.54, 1.807) is 6.20 Å². The molecule has 3 rings (SSSR count). The van der Waals surface area contributed by atoms with Crippen molar-refractivity contribution in [3.05, 3.63) is 67.0 Å². The molecule has 0 spiro atoms. The molecule has 2 aromatic rings. The first-order chi connectivity index (χ1) is 16.5. The van der Waals surface area contributed by atoms with E-state index < -0.39 is 6.10 Å². The third-order valence-electron chi connectivity index (χ3n) is 5.05. The Hall–Kier alpha value is -3.04. The second-order valence-corrected chi connectivity index (χ2v) is 7.81. The number of morpholine rings is 1. The fourth-order valence-electron chi connectivity index (χ4n) is 3.35. The number of hydrogen-bond acceptors (Lipinski definition) is 8. The zero-order chi connectivity index (χ0) is 24.8. The van der Waals surface area contributed by atoms with Crippen LogP contribution < -0.4 is 15.8 Å². The van der Waals surface area contributed by atoms with E-state index in [2.05, 4.69) is 28.4 Å². The van der Waals surface area contributed by atoms with Crippen molar-refractivity contribution in [1.82, 2.24) is 15.2 Å². The monoisotopic (exact) mass is 468 g/mol. The lowest BCUT2D eigenvalue weighted by atomic mass is 10.1. The molecule has 1 aromatic heterocycles. The van der Waals surface area contributed by atoms with Crippen LogP contribution in [0, 0.1) is 0 Å². The number of aliphatic hydroxyl groups is 1. The van der Waals surface area contributed by atoms with Crippen molar-refractivity contribution >= 4 is 12.0 Å². The van der Waals surface area contributed by atoms with Crippen LogP contribution in [0.2, 0.25) is 0 Å². The second kappa shape index (κ2) is 15.0. The Balaban J connectivity index is 0.00000129. The van der Waals surface area contributed by atoms with Crippen molar-refractivity contribution < 1.29 is 19.4 Å². The number of carbonyl (C=O) groups excluding carboxylic acids is 1. The van der Waals surface area contributed by atoms with Crippen molar-refractivity contribution in [2.24, 2.45) is 5.73 Å². The van der Waals surface area contributed by atoms with E-state index in [4.69, 9.17) is 20.0 Å². The maximum atomic E-state index is 10.2. The number of aliphatic hydroxyl groups excluding tert-OH is 1. The van der Waals surface area contributed by atoms with E-state index in [-0.39, 0.29) is 6.61 Å². The molecule has 0 amide bonds. The van der Waals surface area contributed by atoms with E-state index in [0.29, 0.717) is 25.3 Å². The van der Waals surface area contributed by atoms with Gasteiger partial charge in [0.05, 0.1) is 18.9 Å². The number of nitrogens with one attached hydrogen (secondary N) is 1. The summed E-state index contributed by atoms with van der Waals surface area (Å²) in [5, 5.41) is 13.4. The van der Waals surface area contributed by atoms with Gasteiger partial charge < -0.3 is 30.4 Å². The van der Waals surface area contributed by atoms with E-state index in [1.807, 2.05) is 36.4 Å². The van der Waals surface area contributed by atoms with Crippen molar-refractivity contribution in [2.45, 2.75) is 19.4 Å². The summed E-state index contributed by atoms with van der Waals surface area (Å²) in [6, 6.07) is 11.6. The van der Waals surface area contributed by atoms with Gasteiger partial charge in [-0.1, -0.05) is 13.2 Å². The van der Waals surface area contributed by atoms with Gasteiger partial charge in [-0.25, -0.2) is 0 Å². The largest absolute Gasteiger partial charge is 0.491 e. The lowest BCUT2D eigenvalue weighted by Gasteiger charge is -2.28. The highest BCUT2D eigenvalue weighted by Crippen LogP contribution is 2.23. The fraction of sp³-hybridized carbons (Fsp3) is 0.385. The third-order valence-corrected chi connectivity index (χ3v) is 5.05. The lowest BCUT2D eigenvalue weighted by Crippen LogP contribution is -2.42. The summed E-state index contributed by atoms with van der Waals surface area (Å²) >= 11 is 0. The maximum absolute atomic E-state index is 10.2. The zero-order valence-electron chi connectivity index (χ0n) is 19.9. The quantitative estimate of drug-likeness (QED) is 0.432. The number of aldehydes is 1. The van der Waals surface area contributed by atoms with Gasteiger partial charge in [0.1, 0.15) is 24.7 Å². The van der Waals surface area contributed by atoms with Crippen LogP contribution in [0.4, 0.5) is 0 Å². The first-order valence-electron chi connectivity index (χ1n) is 11.4. The van der Waals surface area contributed by atoms with E-state index >= 15 is 0 Å². The van der Waals surface area contributed by atoms with Gasteiger partial charge in [0.25, 0.3) is 0 Å². The second-order valence-electron chi connectivity index (χ2n) is 7.81. The summed E-state index contributed by atoms with van der Waals surface area (Å²) in [5.41, 5.74) is 9.91. The minimum Gasteiger partial charge on any atom is -0.491 e. The number of benzene rings is 1. The number of nitrogens with two attached hydrogens (primary N) is 1. The highest BCUT2D eigenvalue weighted by Gasteiger charge is 2.15. The number of ether oxygens (including phenoxy) is 2. The van der Waals surface area contributed by atoms with Gasteiger partial charge >= 0.3 is 0 Å². The van der Waals surface area contributed by atoms with Crippen LogP contribution in [0.3, 0.4) is 0 Å². The van der Waals surface area contributed by atoms with Crippen molar-refractivity contribution in [1.29, 1.82) is 0 Å². The SMILES string of the molecule is C=C(CCN)NC(=C)c1ccnc(-c2ccc(OCC(O)CN3CCOCC3)cc2)c1.CC=O. The topological polar surface area (TPSA) is 110 Å². The summed E-state index contributed by atoms with van der Waals surface area (Å²) in [6.07, 6.45) is 2.67. The van der Waals surface area contributed by atoms with Crippen LogP contribution >= 0.6 is 0 Å². The minimum absolute atomic E-state index is 0.253. The average Bonchev–Trinajstić information content (AvgIpc) is 2.84. The van der Waals surface area contributed by atoms with Crippen LogP contribution in [0.5, 0.6) is 5.75 Å². The smallest absolute Gasteiger partial charge is 0.119 e. The number of pyridine rings is 1. The molecule has 1 fully saturated rings. The molecular formula is C26H36N4O4. The molecule has 4 N–H and O–H groups in total. The molecule has 0 radical (unpaired) electrons. The Morgan fingerprint density at radius 3 is 2.62 bits per heavy atom. The summed E-state index contributed by atoms with van der Waals surface area (Å²) in [5.74, 6) is 0.713. The molecule has 8 nitrogen and oxygen atoms in total. The molecule has 0 bridgehead atoms. The lowest BCUT2D eigenvalue weighted by molar-refractivity contribution is -0.106. The molecule has 1 aliphatic rings. The van der Waals surface area contributed by atoms with Crippen molar-refractivity contribution in [2.75, 3.05) is 46.0 Å². The molecule has 8 heteroatoms. The minimum atomic E-state index is -0.538. The molecule has 0 saturated carbocycles. The van der Waals surface area contributed by atoms with Gasteiger partial charge in [0, 0.05) is 48.4 Å². The predicted molar refractivity (Wildman–Crippen MR) is 135 cm³/mol. The molecule has 2 heterocycles. The maximum Gasteiger partial charge on any atom is 0.119 e. The summed E-state index contributed by atoms with van der Waals surface area (Å²) in [6.45, 7) is 14.0. The van der Waals surface area contributed by atoms with Crippen LogP contribution in [0.1, 0.15) is 18.9 Å². The van der Waals surface area contributed by atoms with Gasteiger partial charge in [-0.3, -0.25) is 9.88 Å². The zero-order valence-corrected chi connectivity index (χ0v) is 19.9. The number of carbonyl (C=O) groups is 1. The van der Waals surface area contributed by atoms with E-state index in [9.17, 15) is 5.11 Å². The first kappa shape index (κ1) is 27.2. The summed E-state index contributed by atoms with van der Waals surface area (Å²) in [4.78, 5) is 15.5. The number of hydrogen-bond donors (Lipinski definition) is 3. The number of aromatic nitrogens is 1. The number of rotatable bonds is 11. The van der Waals surface area contributed by atoms with Gasteiger partial charge in [0.15, 0.2) is 0 Å². The summed E-state index contributed by atoms with van der Waals surface area (Å²) < 4.78 is 11.1. The normalized spacial score (nSPS) is 14.3. The highest BCUT2D eigenvalue weighted by molar-refractivity contribution is 5.69. The van der Waals surface area contributed by atoms with Crippen molar-refractivity contribution in [3.63, 3.8) is 0 Å². The van der Waals surface area contributed by atoms with Crippen LogP contribution in [0.25, 0.3) is 17.0 Å². The van der Waals surface area contributed by atoms with Crippen LogP contribution in [0.15, 0.2) is 61.4 Å². The molecule has 1 atom stereocenters. The van der Waals surface area contributed by atoms with Crippen molar-refractivity contribution in [3.8, 4) is 17.0 Å². The molecular weight excluding hydrogens is 432 g/mol. The number of nitrogens with zero attached hydrogens (tertiary/aromatic N) is 2. The van der Waals surface area contributed by atoms with E-state index in [0.717, 1.165) is 60.8 Å². The highest BCUT2D eigenvalue weighted by atomic mass is 16.5. The molecule has 1 saturated heterocycles. The van der Waals surface area contributed by atoms with Gasteiger partial charge in [-0.15, -0.1) is 0 Å². The molecule has 34 heavy (non-hydrogen) atoms. The Kier molecular flexibility index (Phi) is 12.0. The Labute approximate surface area is 202 Å². The van der Waals surface area contributed by atoms with Crippen LogP contribution in [-0.4, -0.2) is 73.4 Å². The van der Waals surface area contributed by atoms with Gasteiger partial charge in [-0.05, 0) is 56.3 Å². The molecule has 1 unspecified atom stereocenters. The van der Waals surface area contributed by atoms with Crippen LogP contribution in [-0.2, 0) is 9.53 Å². The third kappa shape index (κ3) is 9.44. The standard InChI is InChI=1S/C24H32N4O3.C2H4O/c1-18(7-9-25)27-19(2)21-8-10-26-24(15-21)20-3-5-23(6-4-20)31-17-22(29)16-28-11-13-30-14-12-28;1-2-3/h3-6,8,10,15,22,27,29H,1-2,7,9,11-14,16-17,25H2;2H,1H3. The Morgan fingerprint density at radius 1 is 1.29 bits per heavy atom. The Morgan fingerprint density at radius 2 is 1.97 bits per heavy atom. The molecule has 1 aromatic carbocycles. The summed E-state index contributed by atoms with van der Waals surface area (Å²) in [7, 11) is 0. The fourth-order valence-corrected chi connectivity index (χ4v) is 3.35.